The van der Waals surface area contributed by atoms with Crippen LogP contribution < -0.4 is 10.1 Å². The number of carbonyl (C=O) groups excluding carboxylic acids is 2. The van der Waals surface area contributed by atoms with Crippen LogP contribution in [-0.4, -0.2) is 84.2 Å². The summed E-state index contributed by atoms with van der Waals surface area (Å²) in [4.78, 5) is 36.0. The molecule has 2 aromatic carbocycles. The van der Waals surface area contributed by atoms with Gasteiger partial charge in [0.05, 0.1) is 30.9 Å². The number of amides is 2. The number of ether oxygens (including phenoxy) is 2. The number of hydrogen-bond donors (Lipinski definition) is 1. The van der Waals surface area contributed by atoms with Crippen LogP contribution in [-0.2, 0) is 9.53 Å². The first-order valence-corrected chi connectivity index (χ1v) is 14.1. The van der Waals surface area contributed by atoms with E-state index in [2.05, 4.69) is 10.2 Å². The Labute approximate surface area is 238 Å². The summed E-state index contributed by atoms with van der Waals surface area (Å²) in [6.45, 7) is 6.04. The zero-order valence-corrected chi connectivity index (χ0v) is 23.5. The molecule has 10 heteroatoms. The Kier molecular flexibility index (Phi) is 8.90. The van der Waals surface area contributed by atoms with Gasteiger partial charge in [-0.05, 0) is 54.8 Å². The van der Waals surface area contributed by atoms with Crippen molar-refractivity contribution in [2.75, 3.05) is 58.4 Å². The molecule has 0 radical (unpaired) electrons. The van der Waals surface area contributed by atoms with E-state index in [0.717, 1.165) is 35.7 Å². The van der Waals surface area contributed by atoms with Crippen LogP contribution in [0.15, 0.2) is 72.2 Å². The molecule has 0 saturated carbocycles. The molecule has 9 nitrogen and oxygen atoms in total. The lowest BCUT2D eigenvalue weighted by Gasteiger charge is -2.29. The first-order valence-electron chi connectivity index (χ1n) is 13.2. The smallest absolute Gasteiger partial charge is 0.264 e. The van der Waals surface area contributed by atoms with Crippen molar-refractivity contribution in [1.29, 1.82) is 0 Å². The highest BCUT2D eigenvalue weighted by molar-refractivity contribution is 7.12. The maximum atomic E-state index is 13.4. The molecule has 2 amide bonds. The van der Waals surface area contributed by atoms with Crippen LogP contribution >= 0.6 is 11.3 Å². The Bertz CT molecular complexity index is 1410. The number of hydrogen-bond acceptors (Lipinski definition) is 7. The fraction of sp³-hybridized carbons (Fsp3) is 0.300. The summed E-state index contributed by atoms with van der Waals surface area (Å²) in [5, 5.41) is 4.84. The van der Waals surface area contributed by atoms with Crippen molar-refractivity contribution in [3.05, 3.63) is 82.7 Å². The molecule has 0 aliphatic carbocycles. The van der Waals surface area contributed by atoms with Crippen molar-refractivity contribution in [3.8, 4) is 22.7 Å². The quantitative estimate of drug-likeness (QED) is 0.311. The van der Waals surface area contributed by atoms with E-state index in [4.69, 9.17) is 14.5 Å². The largest absolute Gasteiger partial charge is 0.497 e. The molecule has 0 unspecified atom stereocenters. The summed E-state index contributed by atoms with van der Waals surface area (Å²) in [7, 11) is 1.63. The number of benzene rings is 2. The minimum atomic E-state index is -0.313. The molecular formula is C30H33N5O4S. The lowest BCUT2D eigenvalue weighted by Crippen LogP contribution is -2.45. The van der Waals surface area contributed by atoms with Gasteiger partial charge in [0.25, 0.3) is 5.91 Å². The highest BCUT2D eigenvalue weighted by atomic mass is 32.1. The van der Waals surface area contributed by atoms with Crippen LogP contribution in [0.4, 0.5) is 5.95 Å². The van der Waals surface area contributed by atoms with E-state index in [1.54, 1.807) is 18.1 Å². The summed E-state index contributed by atoms with van der Waals surface area (Å²) in [6, 6.07) is 19.2. The molecule has 0 bridgehead atoms. The summed E-state index contributed by atoms with van der Waals surface area (Å²) >= 11 is 1.37. The summed E-state index contributed by atoms with van der Waals surface area (Å²) in [5.74, 6) is 0.672. The third-order valence-electron chi connectivity index (χ3n) is 6.80. The fourth-order valence-corrected chi connectivity index (χ4v) is 5.20. The molecule has 208 valence electrons. The Balaban J connectivity index is 1.37. The molecule has 40 heavy (non-hydrogen) atoms. The number of aryl methyl sites for hydroxylation is 1. The van der Waals surface area contributed by atoms with Crippen LogP contribution in [0.1, 0.15) is 15.2 Å². The van der Waals surface area contributed by atoms with E-state index < -0.39 is 0 Å². The van der Waals surface area contributed by atoms with Gasteiger partial charge in [-0.15, -0.1) is 11.3 Å². The van der Waals surface area contributed by atoms with Gasteiger partial charge in [-0.3, -0.25) is 24.4 Å². The van der Waals surface area contributed by atoms with Crippen molar-refractivity contribution in [2.24, 2.45) is 0 Å². The average Bonchev–Trinajstić information content (AvgIpc) is 3.67. The van der Waals surface area contributed by atoms with E-state index in [9.17, 15) is 9.59 Å². The molecule has 1 N–H and O–H groups in total. The summed E-state index contributed by atoms with van der Waals surface area (Å²) in [5.41, 5.74) is 3.60. The number of aromatic nitrogens is 2. The second kappa shape index (κ2) is 12.9. The first-order chi connectivity index (χ1) is 19.5. The van der Waals surface area contributed by atoms with Gasteiger partial charge in [0.2, 0.25) is 11.9 Å². The number of nitrogens with one attached hydrogen (secondary N) is 1. The van der Waals surface area contributed by atoms with E-state index in [-0.39, 0.29) is 18.4 Å². The number of anilines is 1. The Morgan fingerprint density at radius 2 is 1.82 bits per heavy atom. The van der Waals surface area contributed by atoms with Gasteiger partial charge in [0.1, 0.15) is 12.3 Å². The SMILES string of the molecule is COc1ccc(-c2cn(-c3ccc(C)cc3)c(NC(=O)CN(CCN3CCOCC3)C(=O)c3cccs3)n2)cc1. The van der Waals surface area contributed by atoms with Crippen LogP contribution in [0.3, 0.4) is 0 Å². The van der Waals surface area contributed by atoms with E-state index >= 15 is 0 Å². The standard InChI is InChI=1S/C30H33N5O4S/c1-22-5-9-24(10-6-22)35-20-26(23-7-11-25(38-2)12-8-23)31-30(35)32-28(36)21-34(29(37)27-4-3-19-40-27)14-13-33-15-17-39-18-16-33/h3-12,19-20H,13-18,21H2,1-2H3,(H,31,32,36). The lowest BCUT2D eigenvalue weighted by atomic mass is 10.1. The third-order valence-corrected chi connectivity index (χ3v) is 7.66. The summed E-state index contributed by atoms with van der Waals surface area (Å²) in [6.07, 6.45) is 1.90. The van der Waals surface area contributed by atoms with Crippen molar-refractivity contribution < 1.29 is 19.1 Å². The van der Waals surface area contributed by atoms with E-state index in [1.165, 1.54) is 11.3 Å². The molecule has 5 rings (SSSR count). The van der Waals surface area contributed by atoms with Crippen molar-refractivity contribution >= 4 is 29.1 Å². The fourth-order valence-electron chi connectivity index (χ4n) is 4.50. The summed E-state index contributed by atoms with van der Waals surface area (Å²) < 4.78 is 12.6. The molecule has 1 fully saturated rings. The predicted molar refractivity (Wildman–Crippen MR) is 156 cm³/mol. The average molecular weight is 560 g/mol. The second-order valence-corrected chi connectivity index (χ2v) is 10.5. The molecular weight excluding hydrogens is 526 g/mol. The number of thiophene rings is 1. The van der Waals surface area contributed by atoms with Crippen molar-refractivity contribution in [2.45, 2.75) is 6.92 Å². The molecule has 3 heterocycles. The molecule has 1 aliphatic heterocycles. The zero-order chi connectivity index (χ0) is 27.9. The third kappa shape index (κ3) is 6.77. The van der Waals surface area contributed by atoms with Gasteiger partial charge < -0.3 is 14.4 Å². The predicted octanol–water partition coefficient (Wildman–Crippen LogP) is 4.33. The topological polar surface area (TPSA) is 88.9 Å². The minimum absolute atomic E-state index is 0.0836. The van der Waals surface area contributed by atoms with Crippen molar-refractivity contribution in [1.82, 2.24) is 19.4 Å². The van der Waals surface area contributed by atoms with Gasteiger partial charge in [-0.2, -0.15) is 0 Å². The molecule has 2 aromatic heterocycles. The molecule has 0 atom stereocenters. The lowest BCUT2D eigenvalue weighted by molar-refractivity contribution is -0.117. The van der Waals surface area contributed by atoms with Crippen LogP contribution in [0, 0.1) is 6.92 Å². The maximum Gasteiger partial charge on any atom is 0.264 e. The molecule has 1 aliphatic rings. The monoisotopic (exact) mass is 559 g/mol. The Morgan fingerprint density at radius 3 is 2.50 bits per heavy atom. The van der Waals surface area contributed by atoms with E-state index in [1.807, 2.05) is 77.7 Å². The number of morpholine rings is 1. The van der Waals surface area contributed by atoms with Crippen LogP contribution in [0.2, 0.25) is 0 Å². The Morgan fingerprint density at radius 1 is 1.07 bits per heavy atom. The normalized spacial score (nSPS) is 13.7. The number of rotatable bonds is 10. The number of nitrogens with zero attached hydrogens (tertiary/aromatic N) is 4. The highest BCUT2D eigenvalue weighted by Gasteiger charge is 2.23. The first kappa shape index (κ1) is 27.6. The molecule has 4 aromatic rings. The van der Waals surface area contributed by atoms with Gasteiger partial charge in [-0.25, -0.2) is 4.98 Å². The Hall–Kier alpha value is -3.99. The van der Waals surface area contributed by atoms with Gasteiger partial charge in [-0.1, -0.05) is 23.8 Å². The number of imidazole rings is 1. The molecule has 1 saturated heterocycles. The van der Waals surface area contributed by atoms with Crippen LogP contribution in [0.5, 0.6) is 5.75 Å². The van der Waals surface area contributed by atoms with Gasteiger partial charge >= 0.3 is 0 Å². The highest BCUT2D eigenvalue weighted by Crippen LogP contribution is 2.26. The minimum Gasteiger partial charge on any atom is -0.497 e. The van der Waals surface area contributed by atoms with Gasteiger partial charge in [0, 0.05) is 43.6 Å². The van der Waals surface area contributed by atoms with E-state index in [0.29, 0.717) is 42.8 Å². The van der Waals surface area contributed by atoms with Crippen LogP contribution in [0.25, 0.3) is 16.9 Å². The maximum absolute atomic E-state index is 13.4. The number of methoxy groups -OCH3 is 1. The van der Waals surface area contributed by atoms with Gasteiger partial charge in [0.15, 0.2) is 0 Å². The second-order valence-electron chi connectivity index (χ2n) is 9.59. The van der Waals surface area contributed by atoms with Crippen molar-refractivity contribution in [3.63, 3.8) is 0 Å². The molecule has 0 spiro atoms. The number of carbonyl (C=O) groups is 2. The zero-order valence-electron chi connectivity index (χ0n) is 22.7.